The molecular weight excluding hydrogens is 252 g/mol. The lowest BCUT2D eigenvalue weighted by Crippen LogP contribution is -2.18. The Morgan fingerprint density at radius 3 is 2.47 bits per heavy atom. The summed E-state index contributed by atoms with van der Waals surface area (Å²) in [6.07, 6.45) is 4.09. The topological polar surface area (TPSA) is 34.4 Å². The number of likely N-dealkylation sites (N-methyl/N-ethyl adjacent to an activating group) is 1. The predicted octanol–water partition coefficient (Wildman–Crippen LogP) is 3.38. The first-order valence-electron chi connectivity index (χ1n) is 5.92. The van der Waals surface area contributed by atoms with Crippen molar-refractivity contribution < 1.29 is 17.9 Å². The van der Waals surface area contributed by atoms with Gasteiger partial charge in [0.15, 0.2) is 0 Å². The van der Waals surface area contributed by atoms with Gasteiger partial charge in [0.2, 0.25) is 0 Å². The fourth-order valence-electron chi connectivity index (χ4n) is 1.91. The summed E-state index contributed by atoms with van der Waals surface area (Å²) in [7, 11) is 1.86. The minimum Gasteiger partial charge on any atom is -0.472 e. The van der Waals surface area contributed by atoms with Crippen molar-refractivity contribution in [3.05, 3.63) is 54.0 Å². The molecule has 102 valence electrons. The van der Waals surface area contributed by atoms with E-state index in [-0.39, 0.29) is 11.8 Å². The third-order valence-electron chi connectivity index (χ3n) is 2.88. The third kappa shape index (κ3) is 3.79. The maximum absolute atomic E-state index is 12.1. The summed E-state index contributed by atoms with van der Waals surface area (Å²) < 4.78 is 33.5. The molecule has 3 nitrogen and oxygen atoms in total. The van der Waals surface area contributed by atoms with Gasteiger partial charge in [-0.2, -0.15) is 8.78 Å². The van der Waals surface area contributed by atoms with E-state index >= 15 is 0 Å². The molecule has 0 saturated heterocycles. The molecule has 1 unspecified atom stereocenters. The normalized spacial score (nSPS) is 12.6. The van der Waals surface area contributed by atoms with E-state index in [0.717, 1.165) is 17.5 Å². The number of benzene rings is 1. The molecule has 1 heterocycles. The molecule has 0 fully saturated rings. The second-order valence-corrected chi connectivity index (χ2v) is 4.12. The second-order valence-electron chi connectivity index (χ2n) is 4.12. The first-order valence-corrected chi connectivity index (χ1v) is 5.92. The summed E-state index contributed by atoms with van der Waals surface area (Å²) in [5.41, 5.74) is 2.08. The number of halogens is 2. The summed E-state index contributed by atoms with van der Waals surface area (Å²) in [5, 5.41) is 3.19. The molecule has 0 bridgehead atoms. The number of alkyl halides is 2. The quantitative estimate of drug-likeness (QED) is 0.871. The average Bonchev–Trinajstić information content (AvgIpc) is 2.89. The van der Waals surface area contributed by atoms with Crippen LogP contribution in [0, 0.1) is 0 Å². The minimum atomic E-state index is -2.79. The van der Waals surface area contributed by atoms with Crippen LogP contribution in [-0.4, -0.2) is 13.7 Å². The third-order valence-corrected chi connectivity index (χ3v) is 2.88. The molecule has 1 aromatic heterocycles. The zero-order valence-electron chi connectivity index (χ0n) is 10.5. The van der Waals surface area contributed by atoms with Crippen molar-refractivity contribution in [2.45, 2.75) is 19.1 Å². The molecule has 0 saturated carbocycles. The zero-order valence-corrected chi connectivity index (χ0v) is 10.5. The smallest absolute Gasteiger partial charge is 0.387 e. The number of nitrogens with one attached hydrogen (secondary N) is 1. The van der Waals surface area contributed by atoms with Gasteiger partial charge in [-0.05, 0) is 42.8 Å². The Bertz CT molecular complexity index is 483. The van der Waals surface area contributed by atoms with Gasteiger partial charge in [0.25, 0.3) is 0 Å². The lowest BCUT2D eigenvalue weighted by atomic mass is 10.0. The highest BCUT2D eigenvalue weighted by molar-refractivity contribution is 5.30. The van der Waals surface area contributed by atoms with Crippen LogP contribution in [0.4, 0.5) is 8.78 Å². The lowest BCUT2D eigenvalue weighted by molar-refractivity contribution is -0.0498. The number of rotatable bonds is 6. The van der Waals surface area contributed by atoms with Gasteiger partial charge in [-0.25, -0.2) is 0 Å². The lowest BCUT2D eigenvalue weighted by Gasteiger charge is -2.16. The Morgan fingerprint density at radius 1 is 1.21 bits per heavy atom. The summed E-state index contributed by atoms with van der Waals surface area (Å²) in [5.74, 6) is 0.164. The fourth-order valence-corrected chi connectivity index (χ4v) is 1.91. The van der Waals surface area contributed by atoms with Gasteiger partial charge in [-0.1, -0.05) is 12.1 Å². The minimum absolute atomic E-state index is 0.0956. The van der Waals surface area contributed by atoms with Crippen LogP contribution < -0.4 is 10.1 Å². The van der Waals surface area contributed by atoms with Crippen LogP contribution in [0.25, 0.3) is 0 Å². The molecular formula is C14H15F2NO2. The largest absolute Gasteiger partial charge is 0.472 e. The van der Waals surface area contributed by atoms with E-state index in [0.29, 0.717) is 0 Å². The Hall–Kier alpha value is -1.88. The van der Waals surface area contributed by atoms with Crippen molar-refractivity contribution in [2.75, 3.05) is 7.05 Å². The average molecular weight is 267 g/mol. The van der Waals surface area contributed by atoms with E-state index in [2.05, 4.69) is 10.1 Å². The molecule has 0 radical (unpaired) electrons. The van der Waals surface area contributed by atoms with Crippen molar-refractivity contribution >= 4 is 0 Å². The van der Waals surface area contributed by atoms with E-state index in [1.54, 1.807) is 36.8 Å². The van der Waals surface area contributed by atoms with E-state index in [9.17, 15) is 8.78 Å². The molecule has 0 spiro atoms. The molecule has 0 aliphatic heterocycles. The molecule has 19 heavy (non-hydrogen) atoms. The number of furan rings is 1. The van der Waals surface area contributed by atoms with Gasteiger partial charge >= 0.3 is 6.61 Å². The second kappa shape index (κ2) is 6.33. The molecule has 0 aliphatic carbocycles. The highest BCUT2D eigenvalue weighted by Gasteiger charge is 2.11. The Kier molecular flexibility index (Phi) is 4.52. The maximum Gasteiger partial charge on any atom is 0.387 e. The summed E-state index contributed by atoms with van der Waals surface area (Å²) in [4.78, 5) is 0. The highest BCUT2D eigenvalue weighted by Crippen LogP contribution is 2.22. The molecule has 0 amide bonds. The summed E-state index contributed by atoms with van der Waals surface area (Å²) >= 11 is 0. The first-order chi connectivity index (χ1) is 9.19. The Labute approximate surface area is 110 Å². The van der Waals surface area contributed by atoms with Gasteiger partial charge in [0.05, 0.1) is 12.5 Å². The molecule has 2 aromatic rings. The number of hydrogen-bond donors (Lipinski definition) is 1. The van der Waals surface area contributed by atoms with Crippen LogP contribution in [0.1, 0.15) is 17.2 Å². The van der Waals surface area contributed by atoms with Crippen LogP contribution in [0.15, 0.2) is 47.3 Å². The fraction of sp³-hybridized carbons (Fsp3) is 0.286. The van der Waals surface area contributed by atoms with E-state index < -0.39 is 6.61 Å². The van der Waals surface area contributed by atoms with Crippen molar-refractivity contribution in [3.8, 4) is 5.75 Å². The van der Waals surface area contributed by atoms with Gasteiger partial charge < -0.3 is 14.5 Å². The Morgan fingerprint density at radius 2 is 1.95 bits per heavy atom. The SMILES string of the molecule is CNC(Cc1ccoc1)c1ccc(OC(F)F)cc1. The standard InChI is InChI=1S/C14H15F2NO2/c1-17-13(8-10-6-7-18-9-10)11-2-4-12(5-3-11)19-14(15)16/h2-7,9,13-14,17H,8H2,1H3. The number of hydrogen-bond acceptors (Lipinski definition) is 3. The van der Waals surface area contributed by atoms with Crippen molar-refractivity contribution in [2.24, 2.45) is 0 Å². The summed E-state index contributed by atoms with van der Waals surface area (Å²) in [6.45, 7) is -2.79. The Balaban J connectivity index is 2.06. The van der Waals surface area contributed by atoms with Crippen LogP contribution in [0.5, 0.6) is 5.75 Å². The van der Waals surface area contributed by atoms with E-state index in [1.807, 2.05) is 13.1 Å². The van der Waals surface area contributed by atoms with E-state index in [4.69, 9.17) is 4.42 Å². The zero-order chi connectivity index (χ0) is 13.7. The maximum atomic E-state index is 12.1. The first kappa shape index (κ1) is 13.5. The molecule has 2 rings (SSSR count). The molecule has 0 aliphatic rings. The van der Waals surface area contributed by atoms with Crippen LogP contribution >= 0.6 is 0 Å². The van der Waals surface area contributed by atoms with Crippen LogP contribution in [-0.2, 0) is 6.42 Å². The van der Waals surface area contributed by atoms with Gasteiger partial charge in [-0.3, -0.25) is 0 Å². The van der Waals surface area contributed by atoms with Crippen LogP contribution in [0.2, 0.25) is 0 Å². The molecule has 1 atom stereocenters. The van der Waals surface area contributed by atoms with Crippen molar-refractivity contribution in [1.29, 1.82) is 0 Å². The summed E-state index contributed by atoms with van der Waals surface area (Å²) in [6, 6.07) is 8.64. The van der Waals surface area contributed by atoms with Gasteiger partial charge in [0.1, 0.15) is 5.75 Å². The highest BCUT2D eigenvalue weighted by atomic mass is 19.3. The predicted molar refractivity (Wildman–Crippen MR) is 67.3 cm³/mol. The van der Waals surface area contributed by atoms with Crippen LogP contribution in [0.3, 0.4) is 0 Å². The monoisotopic (exact) mass is 267 g/mol. The van der Waals surface area contributed by atoms with Crippen molar-refractivity contribution in [1.82, 2.24) is 5.32 Å². The van der Waals surface area contributed by atoms with Gasteiger partial charge in [0, 0.05) is 6.04 Å². The van der Waals surface area contributed by atoms with Gasteiger partial charge in [-0.15, -0.1) is 0 Å². The molecule has 1 N–H and O–H groups in total. The number of ether oxygens (including phenoxy) is 1. The van der Waals surface area contributed by atoms with Crippen molar-refractivity contribution in [3.63, 3.8) is 0 Å². The van der Waals surface area contributed by atoms with E-state index in [1.165, 1.54) is 0 Å². The molecule has 1 aromatic carbocycles. The molecule has 5 heteroatoms.